The number of anilines is 1. The molecule has 0 aliphatic carbocycles. The summed E-state index contributed by atoms with van der Waals surface area (Å²) in [5, 5.41) is 14.8. The minimum absolute atomic E-state index is 0.0414. The first-order chi connectivity index (χ1) is 16.5. The van der Waals surface area contributed by atoms with Crippen LogP contribution in [0.4, 0.5) is 11.4 Å². The van der Waals surface area contributed by atoms with Crippen molar-refractivity contribution in [3.05, 3.63) is 98.0 Å². The largest absolute Gasteiger partial charge is 0.488 e. The summed E-state index contributed by atoms with van der Waals surface area (Å²) in [6, 6.07) is 19.2. The number of benzene rings is 3. The highest BCUT2D eigenvalue weighted by molar-refractivity contribution is 9.10. The van der Waals surface area contributed by atoms with Crippen molar-refractivity contribution >= 4 is 39.4 Å². The fourth-order valence-corrected chi connectivity index (χ4v) is 4.13. The minimum Gasteiger partial charge on any atom is -0.488 e. The van der Waals surface area contributed by atoms with Crippen LogP contribution in [-0.2, 0) is 6.61 Å². The summed E-state index contributed by atoms with van der Waals surface area (Å²) in [5.41, 5.74) is 5.88. The van der Waals surface area contributed by atoms with Crippen molar-refractivity contribution in [2.24, 2.45) is 5.10 Å². The first kappa shape index (κ1) is 23.4. The van der Waals surface area contributed by atoms with Crippen molar-refractivity contribution in [3.8, 4) is 5.75 Å². The Hall–Kier alpha value is -3.72. The van der Waals surface area contributed by atoms with Gasteiger partial charge in [0.25, 0.3) is 11.6 Å². The van der Waals surface area contributed by atoms with Crippen LogP contribution in [0.1, 0.15) is 34.3 Å². The molecule has 1 aliphatic heterocycles. The van der Waals surface area contributed by atoms with Gasteiger partial charge in [-0.2, -0.15) is 5.10 Å². The van der Waals surface area contributed by atoms with E-state index in [-0.39, 0.29) is 18.2 Å². The molecule has 0 bridgehead atoms. The Morgan fingerprint density at radius 3 is 2.44 bits per heavy atom. The molecule has 0 unspecified atom stereocenters. The van der Waals surface area contributed by atoms with E-state index in [4.69, 9.17) is 4.74 Å². The number of carbonyl (C=O) groups excluding carboxylic acids is 1. The molecule has 3 aromatic carbocycles. The molecule has 9 heteroatoms. The van der Waals surface area contributed by atoms with E-state index in [0.29, 0.717) is 11.3 Å². The first-order valence-corrected chi connectivity index (χ1v) is 11.6. The summed E-state index contributed by atoms with van der Waals surface area (Å²) >= 11 is 3.48. The second-order valence-corrected chi connectivity index (χ2v) is 8.70. The molecule has 4 rings (SSSR count). The van der Waals surface area contributed by atoms with Crippen molar-refractivity contribution in [1.82, 2.24) is 5.43 Å². The SMILES string of the molecule is O=C(N/N=C\c1ccc(OCc2ccc([N+](=O)[O-])cc2)c(Br)c1)c1ccc(N2CCCC2)cc1. The number of hydrogen-bond donors (Lipinski definition) is 1. The van der Waals surface area contributed by atoms with Crippen LogP contribution in [0.5, 0.6) is 5.75 Å². The average Bonchev–Trinajstić information content (AvgIpc) is 3.39. The second kappa shape index (κ2) is 10.9. The highest BCUT2D eigenvalue weighted by Crippen LogP contribution is 2.27. The summed E-state index contributed by atoms with van der Waals surface area (Å²) < 4.78 is 6.52. The van der Waals surface area contributed by atoms with Gasteiger partial charge in [0.2, 0.25) is 0 Å². The fourth-order valence-electron chi connectivity index (χ4n) is 3.62. The molecule has 34 heavy (non-hydrogen) atoms. The van der Waals surface area contributed by atoms with E-state index in [1.54, 1.807) is 24.4 Å². The summed E-state index contributed by atoms with van der Waals surface area (Å²) in [4.78, 5) is 25.0. The van der Waals surface area contributed by atoms with Gasteiger partial charge in [0.15, 0.2) is 0 Å². The number of rotatable bonds is 8. The lowest BCUT2D eigenvalue weighted by Gasteiger charge is -2.17. The number of nitrogens with one attached hydrogen (secondary N) is 1. The maximum absolute atomic E-state index is 12.4. The quantitative estimate of drug-likeness (QED) is 0.246. The van der Waals surface area contributed by atoms with Gasteiger partial charge >= 0.3 is 0 Å². The first-order valence-electron chi connectivity index (χ1n) is 10.8. The van der Waals surface area contributed by atoms with Gasteiger partial charge in [-0.15, -0.1) is 0 Å². The van der Waals surface area contributed by atoms with E-state index in [2.05, 4.69) is 31.4 Å². The van der Waals surface area contributed by atoms with Crippen LogP contribution in [0.3, 0.4) is 0 Å². The molecule has 1 saturated heterocycles. The Labute approximate surface area is 205 Å². The summed E-state index contributed by atoms with van der Waals surface area (Å²) in [5.74, 6) is 0.351. The molecule has 1 amide bonds. The zero-order valence-corrected chi connectivity index (χ0v) is 19.9. The standard InChI is InChI=1S/C25H23BrN4O4/c26-23-15-19(5-12-24(23)34-17-18-3-8-22(9-4-18)30(32)33)16-27-28-25(31)20-6-10-21(11-7-20)29-13-1-2-14-29/h3-12,15-16H,1-2,13-14,17H2,(H,28,31)/b27-16-. The zero-order valence-electron chi connectivity index (χ0n) is 18.3. The molecule has 0 spiro atoms. The molecule has 0 radical (unpaired) electrons. The van der Waals surface area contributed by atoms with Crippen LogP contribution in [0.15, 0.2) is 76.3 Å². The lowest BCUT2D eigenvalue weighted by atomic mass is 10.2. The van der Waals surface area contributed by atoms with Gasteiger partial charge in [-0.25, -0.2) is 5.43 Å². The van der Waals surface area contributed by atoms with Crippen LogP contribution in [0.25, 0.3) is 0 Å². The number of amides is 1. The topological polar surface area (TPSA) is 97.1 Å². The van der Waals surface area contributed by atoms with E-state index >= 15 is 0 Å². The Kier molecular flexibility index (Phi) is 7.54. The maximum Gasteiger partial charge on any atom is 0.271 e. The van der Waals surface area contributed by atoms with Crippen LogP contribution in [0.2, 0.25) is 0 Å². The Morgan fingerprint density at radius 2 is 1.79 bits per heavy atom. The van der Waals surface area contributed by atoms with Crippen molar-refractivity contribution in [1.29, 1.82) is 0 Å². The third-order valence-corrected chi connectivity index (χ3v) is 6.10. The highest BCUT2D eigenvalue weighted by Gasteiger charge is 2.13. The van der Waals surface area contributed by atoms with Crippen molar-refractivity contribution < 1.29 is 14.5 Å². The molecule has 1 N–H and O–H groups in total. The number of nitro benzene ring substituents is 1. The van der Waals surface area contributed by atoms with Crippen molar-refractivity contribution in [3.63, 3.8) is 0 Å². The molecule has 3 aromatic rings. The van der Waals surface area contributed by atoms with E-state index in [0.717, 1.165) is 34.4 Å². The number of non-ortho nitro benzene ring substituents is 1. The number of nitrogens with zero attached hydrogens (tertiary/aromatic N) is 3. The predicted octanol–water partition coefficient (Wildman–Crippen LogP) is 5.30. The van der Waals surface area contributed by atoms with Crippen LogP contribution in [-0.4, -0.2) is 30.1 Å². The zero-order chi connectivity index (χ0) is 23.9. The third kappa shape index (κ3) is 5.99. The number of ether oxygens (including phenoxy) is 1. The molecular formula is C25H23BrN4O4. The van der Waals surface area contributed by atoms with Crippen LogP contribution in [0, 0.1) is 10.1 Å². The predicted molar refractivity (Wildman–Crippen MR) is 135 cm³/mol. The second-order valence-electron chi connectivity index (χ2n) is 7.84. The number of carbonyl (C=O) groups is 1. The average molecular weight is 523 g/mol. The molecule has 8 nitrogen and oxygen atoms in total. The van der Waals surface area contributed by atoms with Crippen molar-refractivity contribution in [2.75, 3.05) is 18.0 Å². The maximum atomic E-state index is 12.4. The number of hydrazone groups is 1. The molecule has 1 aliphatic rings. The molecule has 0 saturated carbocycles. The smallest absolute Gasteiger partial charge is 0.271 e. The molecule has 174 valence electrons. The summed E-state index contributed by atoms with van der Waals surface area (Å²) in [7, 11) is 0. The molecular weight excluding hydrogens is 500 g/mol. The Balaban J connectivity index is 1.29. The lowest BCUT2D eigenvalue weighted by molar-refractivity contribution is -0.384. The van der Waals surface area contributed by atoms with Crippen LogP contribution < -0.4 is 15.1 Å². The monoisotopic (exact) mass is 522 g/mol. The third-order valence-electron chi connectivity index (χ3n) is 5.48. The minimum atomic E-state index is -0.435. The van der Waals surface area contributed by atoms with E-state index in [9.17, 15) is 14.9 Å². The number of nitro groups is 1. The number of hydrogen-bond acceptors (Lipinski definition) is 6. The van der Waals surface area contributed by atoms with Gasteiger partial charge in [0.05, 0.1) is 15.6 Å². The molecule has 0 atom stereocenters. The van der Waals surface area contributed by atoms with Gasteiger partial charge in [-0.3, -0.25) is 14.9 Å². The van der Waals surface area contributed by atoms with Crippen molar-refractivity contribution in [2.45, 2.75) is 19.4 Å². The molecule has 1 heterocycles. The lowest BCUT2D eigenvalue weighted by Crippen LogP contribution is -2.19. The normalized spacial score (nSPS) is 13.3. The van der Waals surface area contributed by atoms with Gasteiger partial charge in [0.1, 0.15) is 12.4 Å². The summed E-state index contributed by atoms with van der Waals surface area (Å²) in [6.45, 7) is 2.40. The van der Waals surface area contributed by atoms with Gasteiger partial charge in [-0.1, -0.05) is 0 Å². The fraction of sp³-hybridized carbons (Fsp3) is 0.200. The van der Waals surface area contributed by atoms with Crippen LogP contribution >= 0.6 is 15.9 Å². The van der Waals surface area contributed by atoms with E-state index in [1.165, 1.54) is 25.0 Å². The molecule has 0 aromatic heterocycles. The summed E-state index contributed by atoms with van der Waals surface area (Å²) in [6.07, 6.45) is 3.97. The van der Waals surface area contributed by atoms with Gasteiger partial charge in [0, 0.05) is 36.5 Å². The van der Waals surface area contributed by atoms with Gasteiger partial charge < -0.3 is 9.64 Å². The molecule has 1 fully saturated rings. The van der Waals surface area contributed by atoms with E-state index < -0.39 is 4.92 Å². The van der Waals surface area contributed by atoms with Gasteiger partial charge in [-0.05, 0) is 94.5 Å². The Bertz CT molecular complexity index is 1190. The number of halogens is 1. The highest BCUT2D eigenvalue weighted by atomic mass is 79.9. The van der Waals surface area contributed by atoms with E-state index in [1.807, 2.05) is 36.4 Å². The Morgan fingerprint density at radius 1 is 1.09 bits per heavy atom.